The Balaban J connectivity index is 1.96. The molecule has 5 nitrogen and oxygen atoms in total. The van der Waals surface area contributed by atoms with Gasteiger partial charge in [-0.25, -0.2) is 9.78 Å². The number of nitrogens with one attached hydrogen (secondary N) is 3. The molecule has 0 bridgehead atoms. The Morgan fingerprint density at radius 1 is 1.47 bits per heavy atom. The van der Waals surface area contributed by atoms with Crippen LogP contribution in [0.25, 0.3) is 11.0 Å². The molecule has 0 aliphatic carbocycles. The highest BCUT2D eigenvalue weighted by Gasteiger charge is 2.03. The number of aromatic nitrogens is 2. The number of nitrogens with zero attached hydrogens (tertiary/aromatic N) is 1. The summed E-state index contributed by atoms with van der Waals surface area (Å²) in [5, 5.41) is 5.58. The number of H-pyrrole nitrogens is 1. The molecule has 0 aliphatic rings. The number of carbonyl (C=O) groups excluding carboxylic acids is 1. The molecule has 0 aliphatic heterocycles. The minimum atomic E-state index is -0.148. The molecule has 0 atom stereocenters. The van der Waals surface area contributed by atoms with Crippen molar-refractivity contribution >= 4 is 17.1 Å². The number of hydrogen-bond acceptors (Lipinski definition) is 2. The van der Waals surface area contributed by atoms with Gasteiger partial charge >= 0.3 is 6.03 Å². The molecule has 2 rings (SSSR count). The van der Waals surface area contributed by atoms with Gasteiger partial charge in [0.2, 0.25) is 0 Å². The number of amides is 2. The molecule has 1 heterocycles. The molecule has 1 aromatic heterocycles. The van der Waals surface area contributed by atoms with Gasteiger partial charge in [0, 0.05) is 12.6 Å². The van der Waals surface area contributed by atoms with Crippen LogP contribution in [-0.4, -0.2) is 22.0 Å². The van der Waals surface area contributed by atoms with Gasteiger partial charge in [-0.15, -0.1) is 0 Å². The molecular weight excluding hydrogens is 216 g/mol. The normalized spacial score (nSPS) is 10.8. The summed E-state index contributed by atoms with van der Waals surface area (Å²) in [6.45, 7) is 4.36. The van der Waals surface area contributed by atoms with Gasteiger partial charge in [-0.1, -0.05) is 6.07 Å². The van der Waals surface area contributed by atoms with Crippen molar-refractivity contribution in [2.45, 2.75) is 26.4 Å². The standard InChI is InChI=1S/C12H16N4O/c1-8(2)16-12(17)13-6-9-3-4-10-11(5-9)15-7-14-10/h3-5,7-8H,6H2,1-2H3,(H,14,15)(H2,13,16,17). The van der Waals surface area contributed by atoms with Crippen LogP contribution in [0, 0.1) is 0 Å². The van der Waals surface area contributed by atoms with Gasteiger partial charge in [-0.2, -0.15) is 0 Å². The predicted octanol–water partition coefficient (Wildman–Crippen LogP) is 1.77. The first-order valence-electron chi connectivity index (χ1n) is 5.61. The maximum Gasteiger partial charge on any atom is 0.315 e. The van der Waals surface area contributed by atoms with E-state index in [0.29, 0.717) is 6.54 Å². The summed E-state index contributed by atoms with van der Waals surface area (Å²) in [4.78, 5) is 18.6. The minimum Gasteiger partial charge on any atom is -0.345 e. The van der Waals surface area contributed by atoms with Crippen LogP contribution < -0.4 is 10.6 Å². The lowest BCUT2D eigenvalue weighted by Gasteiger charge is -2.10. The number of fused-ring (bicyclic) bond motifs is 1. The quantitative estimate of drug-likeness (QED) is 0.754. The third-order valence-corrected chi connectivity index (χ3v) is 2.36. The van der Waals surface area contributed by atoms with E-state index in [2.05, 4.69) is 20.6 Å². The van der Waals surface area contributed by atoms with Gasteiger partial charge in [0.05, 0.1) is 17.4 Å². The van der Waals surface area contributed by atoms with Gasteiger partial charge in [0.15, 0.2) is 0 Å². The van der Waals surface area contributed by atoms with E-state index in [1.165, 1.54) is 0 Å². The van der Waals surface area contributed by atoms with Crippen molar-refractivity contribution in [3.05, 3.63) is 30.1 Å². The fourth-order valence-electron chi connectivity index (χ4n) is 1.59. The first kappa shape index (κ1) is 11.4. The lowest BCUT2D eigenvalue weighted by molar-refractivity contribution is 0.238. The third-order valence-electron chi connectivity index (χ3n) is 2.36. The Hall–Kier alpha value is -2.04. The van der Waals surface area contributed by atoms with Crippen LogP contribution in [0.15, 0.2) is 24.5 Å². The summed E-state index contributed by atoms with van der Waals surface area (Å²) in [7, 11) is 0. The Morgan fingerprint density at radius 2 is 2.29 bits per heavy atom. The third kappa shape index (κ3) is 2.96. The highest BCUT2D eigenvalue weighted by molar-refractivity contribution is 5.76. The Kier molecular flexibility index (Phi) is 3.27. The zero-order valence-electron chi connectivity index (χ0n) is 9.95. The average Bonchev–Trinajstić information content (AvgIpc) is 2.72. The number of benzene rings is 1. The van der Waals surface area contributed by atoms with Gasteiger partial charge in [0.1, 0.15) is 0 Å². The maximum atomic E-state index is 11.4. The Labute approximate surface area is 99.6 Å². The number of urea groups is 1. The predicted molar refractivity (Wildman–Crippen MR) is 66.6 cm³/mol. The molecule has 0 unspecified atom stereocenters. The second kappa shape index (κ2) is 4.86. The van der Waals surface area contributed by atoms with Crippen molar-refractivity contribution < 1.29 is 4.79 Å². The van der Waals surface area contributed by atoms with Crippen molar-refractivity contribution in [2.24, 2.45) is 0 Å². The van der Waals surface area contributed by atoms with Crippen molar-refractivity contribution in [3.63, 3.8) is 0 Å². The van der Waals surface area contributed by atoms with Crippen molar-refractivity contribution in [3.8, 4) is 0 Å². The first-order valence-corrected chi connectivity index (χ1v) is 5.61. The number of carbonyl (C=O) groups is 1. The lowest BCUT2D eigenvalue weighted by Crippen LogP contribution is -2.39. The molecule has 2 amide bonds. The topological polar surface area (TPSA) is 69.8 Å². The van der Waals surface area contributed by atoms with Crippen LogP contribution in [0.1, 0.15) is 19.4 Å². The van der Waals surface area contributed by atoms with E-state index in [4.69, 9.17) is 0 Å². The van der Waals surface area contributed by atoms with Crippen LogP contribution in [-0.2, 0) is 6.54 Å². The largest absolute Gasteiger partial charge is 0.345 e. The zero-order valence-corrected chi connectivity index (χ0v) is 9.95. The Morgan fingerprint density at radius 3 is 3.06 bits per heavy atom. The number of rotatable bonds is 3. The highest BCUT2D eigenvalue weighted by Crippen LogP contribution is 2.11. The summed E-state index contributed by atoms with van der Waals surface area (Å²) in [5.41, 5.74) is 2.95. The fourth-order valence-corrected chi connectivity index (χ4v) is 1.59. The molecule has 3 N–H and O–H groups in total. The second-order valence-corrected chi connectivity index (χ2v) is 4.24. The summed E-state index contributed by atoms with van der Waals surface area (Å²) in [6, 6.07) is 5.87. The molecule has 0 spiro atoms. The molecule has 17 heavy (non-hydrogen) atoms. The van der Waals surface area contributed by atoms with Crippen LogP contribution in [0.2, 0.25) is 0 Å². The monoisotopic (exact) mass is 232 g/mol. The van der Waals surface area contributed by atoms with Gasteiger partial charge in [-0.05, 0) is 31.5 Å². The van der Waals surface area contributed by atoms with Crippen molar-refractivity contribution in [1.29, 1.82) is 0 Å². The fraction of sp³-hybridized carbons (Fsp3) is 0.333. The van der Waals surface area contributed by atoms with Crippen molar-refractivity contribution in [2.75, 3.05) is 0 Å². The smallest absolute Gasteiger partial charge is 0.315 e. The van der Waals surface area contributed by atoms with E-state index in [0.717, 1.165) is 16.6 Å². The van der Waals surface area contributed by atoms with E-state index >= 15 is 0 Å². The number of aromatic amines is 1. The van der Waals surface area contributed by atoms with E-state index in [9.17, 15) is 4.79 Å². The zero-order chi connectivity index (χ0) is 12.3. The highest BCUT2D eigenvalue weighted by atomic mass is 16.2. The molecule has 1 aromatic carbocycles. The van der Waals surface area contributed by atoms with E-state index in [1.807, 2.05) is 32.0 Å². The van der Waals surface area contributed by atoms with E-state index < -0.39 is 0 Å². The summed E-state index contributed by atoms with van der Waals surface area (Å²) < 4.78 is 0. The molecule has 0 radical (unpaired) electrons. The minimum absolute atomic E-state index is 0.144. The molecular formula is C12H16N4O. The lowest BCUT2D eigenvalue weighted by atomic mass is 10.2. The summed E-state index contributed by atoms with van der Waals surface area (Å²) in [5.74, 6) is 0. The molecule has 5 heteroatoms. The molecule has 2 aromatic rings. The van der Waals surface area contributed by atoms with Crippen LogP contribution in [0.4, 0.5) is 4.79 Å². The van der Waals surface area contributed by atoms with Gasteiger partial charge in [0.25, 0.3) is 0 Å². The second-order valence-electron chi connectivity index (χ2n) is 4.24. The maximum absolute atomic E-state index is 11.4. The summed E-state index contributed by atoms with van der Waals surface area (Å²) >= 11 is 0. The molecule has 0 saturated carbocycles. The van der Waals surface area contributed by atoms with Crippen LogP contribution in [0.3, 0.4) is 0 Å². The van der Waals surface area contributed by atoms with Crippen LogP contribution >= 0.6 is 0 Å². The Bertz CT molecular complexity index is 518. The van der Waals surface area contributed by atoms with Gasteiger partial charge in [-0.3, -0.25) is 0 Å². The number of imidazole rings is 1. The van der Waals surface area contributed by atoms with Crippen molar-refractivity contribution in [1.82, 2.24) is 20.6 Å². The molecule has 0 saturated heterocycles. The number of hydrogen-bond donors (Lipinski definition) is 3. The van der Waals surface area contributed by atoms with E-state index in [-0.39, 0.29) is 12.1 Å². The van der Waals surface area contributed by atoms with Gasteiger partial charge < -0.3 is 15.6 Å². The first-order chi connectivity index (χ1) is 8.15. The summed E-state index contributed by atoms with van der Waals surface area (Å²) in [6.07, 6.45) is 1.66. The van der Waals surface area contributed by atoms with E-state index in [1.54, 1.807) is 6.33 Å². The molecule has 0 fully saturated rings. The SMILES string of the molecule is CC(C)NC(=O)NCc1ccc2nc[nH]c2c1. The van der Waals surface area contributed by atoms with Crippen LogP contribution in [0.5, 0.6) is 0 Å². The average molecular weight is 232 g/mol. The molecule has 90 valence electrons.